The van der Waals surface area contributed by atoms with E-state index in [4.69, 9.17) is 18.6 Å². The van der Waals surface area contributed by atoms with Crippen LogP contribution in [0.4, 0.5) is 4.39 Å². The number of hydrogen-bond donors (Lipinski definition) is 1. The Balaban J connectivity index is 1.65. The van der Waals surface area contributed by atoms with Crippen molar-refractivity contribution in [1.82, 2.24) is 5.32 Å². The van der Waals surface area contributed by atoms with Crippen molar-refractivity contribution < 1.29 is 27.8 Å². The molecule has 4 rings (SSSR count). The number of allylic oxidation sites excluding steroid dienone is 1. The highest BCUT2D eigenvalue weighted by Crippen LogP contribution is 2.39. The molecule has 0 spiro atoms. The number of halogens is 1. The van der Waals surface area contributed by atoms with Gasteiger partial charge in [-0.1, -0.05) is 18.2 Å². The standard InChI is InChI=1S/C28H26FNO5/c1-17(11-28(31)30-15-18-5-8-20(29)9-6-18)21-13-22-23(16-35-26(22)14-25(21)33-3)19-7-10-24(32-2)27(12-19)34-4/h5-14,16H,15H2,1-4H3,(H,30,31)/b17-11+. The van der Waals surface area contributed by atoms with E-state index < -0.39 is 0 Å². The molecule has 0 saturated carbocycles. The number of carbonyl (C=O) groups excluding carboxylic acids is 1. The maximum absolute atomic E-state index is 13.1. The summed E-state index contributed by atoms with van der Waals surface area (Å²) in [5, 5.41) is 3.69. The monoisotopic (exact) mass is 475 g/mol. The molecule has 6 nitrogen and oxygen atoms in total. The predicted molar refractivity (Wildman–Crippen MR) is 133 cm³/mol. The van der Waals surface area contributed by atoms with Crippen LogP contribution in [-0.2, 0) is 11.3 Å². The van der Waals surface area contributed by atoms with Crippen LogP contribution in [0.3, 0.4) is 0 Å². The average Bonchev–Trinajstić information content (AvgIpc) is 3.30. The molecule has 0 saturated heterocycles. The Morgan fingerprint density at radius 1 is 0.943 bits per heavy atom. The summed E-state index contributed by atoms with van der Waals surface area (Å²) < 4.78 is 35.3. The fourth-order valence-corrected chi connectivity index (χ4v) is 3.88. The van der Waals surface area contributed by atoms with Crippen LogP contribution in [0.5, 0.6) is 17.2 Å². The van der Waals surface area contributed by atoms with Gasteiger partial charge in [0, 0.05) is 35.2 Å². The Morgan fingerprint density at radius 2 is 1.66 bits per heavy atom. The normalized spacial score (nSPS) is 11.4. The molecule has 1 heterocycles. The number of methoxy groups -OCH3 is 3. The highest BCUT2D eigenvalue weighted by molar-refractivity contribution is 6.00. The Hall–Kier alpha value is -4.26. The minimum Gasteiger partial charge on any atom is -0.496 e. The molecule has 0 aliphatic heterocycles. The molecule has 4 aromatic rings. The Morgan fingerprint density at radius 3 is 2.34 bits per heavy atom. The van der Waals surface area contributed by atoms with E-state index in [0.29, 0.717) is 29.4 Å². The molecule has 0 aliphatic carbocycles. The third-order valence-corrected chi connectivity index (χ3v) is 5.74. The third kappa shape index (κ3) is 5.14. The van der Waals surface area contributed by atoms with E-state index in [0.717, 1.165) is 33.2 Å². The molecule has 0 bridgehead atoms. The fraction of sp³-hybridized carbons (Fsp3) is 0.179. The lowest BCUT2D eigenvalue weighted by Crippen LogP contribution is -2.20. The lowest BCUT2D eigenvalue weighted by Gasteiger charge is -2.11. The van der Waals surface area contributed by atoms with Crippen LogP contribution in [0.15, 0.2) is 71.4 Å². The highest BCUT2D eigenvalue weighted by Gasteiger charge is 2.16. The summed E-state index contributed by atoms with van der Waals surface area (Å²) in [4.78, 5) is 12.6. The van der Waals surface area contributed by atoms with Crippen molar-refractivity contribution in [1.29, 1.82) is 0 Å². The number of nitrogens with one attached hydrogen (secondary N) is 1. The van der Waals surface area contributed by atoms with E-state index in [1.165, 1.54) is 18.2 Å². The molecule has 0 atom stereocenters. The van der Waals surface area contributed by atoms with E-state index >= 15 is 0 Å². The SMILES string of the molecule is COc1ccc(-c2coc3cc(OC)c(/C(C)=C/C(=O)NCc4ccc(F)cc4)cc23)cc1OC. The number of ether oxygens (including phenoxy) is 3. The molecule has 7 heteroatoms. The number of carbonyl (C=O) groups is 1. The first kappa shape index (κ1) is 23.9. The summed E-state index contributed by atoms with van der Waals surface area (Å²) in [6.07, 6.45) is 3.20. The lowest BCUT2D eigenvalue weighted by molar-refractivity contribution is -0.116. The van der Waals surface area contributed by atoms with Crippen LogP contribution in [0.1, 0.15) is 18.1 Å². The van der Waals surface area contributed by atoms with Gasteiger partial charge in [-0.2, -0.15) is 0 Å². The molecule has 1 N–H and O–H groups in total. The average molecular weight is 476 g/mol. The quantitative estimate of drug-likeness (QED) is 0.317. The van der Waals surface area contributed by atoms with Gasteiger partial charge < -0.3 is 23.9 Å². The van der Waals surface area contributed by atoms with Gasteiger partial charge in [-0.25, -0.2) is 4.39 Å². The van der Waals surface area contributed by atoms with Gasteiger partial charge in [-0.05, 0) is 54.0 Å². The van der Waals surface area contributed by atoms with Crippen molar-refractivity contribution >= 4 is 22.4 Å². The van der Waals surface area contributed by atoms with E-state index in [-0.39, 0.29) is 11.7 Å². The van der Waals surface area contributed by atoms with E-state index in [2.05, 4.69) is 5.32 Å². The second-order valence-corrected chi connectivity index (χ2v) is 7.94. The summed E-state index contributed by atoms with van der Waals surface area (Å²) >= 11 is 0. The van der Waals surface area contributed by atoms with E-state index in [9.17, 15) is 9.18 Å². The number of furan rings is 1. The van der Waals surface area contributed by atoms with Gasteiger partial charge in [-0.3, -0.25) is 4.79 Å². The molecule has 1 aromatic heterocycles. The number of fused-ring (bicyclic) bond motifs is 1. The summed E-state index contributed by atoms with van der Waals surface area (Å²) in [5.74, 6) is 1.26. The fourth-order valence-electron chi connectivity index (χ4n) is 3.88. The Kier molecular flexibility index (Phi) is 7.06. The van der Waals surface area contributed by atoms with Crippen molar-refractivity contribution in [2.75, 3.05) is 21.3 Å². The summed E-state index contributed by atoms with van der Waals surface area (Å²) in [7, 11) is 4.76. The van der Waals surface area contributed by atoms with E-state index in [1.54, 1.807) is 39.7 Å². The van der Waals surface area contributed by atoms with Crippen LogP contribution >= 0.6 is 0 Å². The molecule has 180 valence electrons. The molecule has 35 heavy (non-hydrogen) atoms. The first-order valence-electron chi connectivity index (χ1n) is 11.0. The molecule has 0 aliphatic rings. The molecule has 3 aromatic carbocycles. The zero-order valence-corrected chi connectivity index (χ0v) is 20.0. The van der Waals surface area contributed by atoms with Crippen molar-refractivity contribution in [2.24, 2.45) is 0 Å². The Bertz CT molecular complexity index is 1390. The second-order valence-electron chi connectivity index (χ2n) is 7.94. The maximum Gasteiger partial charge on any atom is 0.244 e. The minimum absolute atomic E-state index is 0.263. The molecule has 0 radical (unpaired) electrons. The summed E-state index contributed by atoms with van der Waals surface area (Å²) in [5.41, 5.74) is 4.72. The molecular formula is C28H26FNO5. The third-order valence-electron chi connectivity index (χ3n) is 5.74. The molecule has 1 amide bonds. The van der Waals surface area contributed by atoms with Gasteiger partial charge in [0.05, 0.1) is 27.6 Å². The predicted octanol–water partition coefficient (Wildman–Crippen LogP) is 5.98. The van der Waals surface area contributed by atoms with Crippen LogP contribution < -0.4 is 19.5 Å². The summed E-state index contributed by atoms with van der Waals surface area (Å²) in [6, 6.07) is 15.4. The Labute approximate surface area is 202 Å². The van der Waals surface area contributed by atoms with E-state index in [1.807, 2.05) is 37.3 Å². The topological polar surface area (TPSA) is 69.9 Å². The smallest absolute Gasteiger partial charge is 0.244 e. The lowest BCUT2D eigenvalue weighted by atomic mass is 9.99. The van der Waals surface area contributed by atoms with Gasteiger partial charge in [-0.15, -0.1) is 0 Å². The summed E-state index contributed by atoms with van der Waals surface area (Å²) in [6.45, 7) is 2.14. The van der Waals surface area contributed by atoms with Gasteiger partial charge in [0.2, 0.25) is 5.91 Å². The zero-order chi connectivity index (χ0) is 24.9. The van der Waals surface area contributed by atoms with Crippen molar-refractivity contribution in [3.63, 3.8) is 0 Å². The number of benzene rings is 3. The van der Waals surface area contributed by atoms with Gasteiger partial charge in [0.1, 0.15) is 17.1 Å². The number of amides is 1. The molecule has 0 fully saturated rings. The van der Waals surface area contributed by atoms with Gasteiger partial charge in [0.25, 0.3) is 0 Å². The van der Waals surface area contributed by atoms with Gasteiger partial charge in [0.15, 0.2) is 11.5 Å². The van der Waals surface area contributed by atoms with Crippen LogP contribution in [-0.4, -0.2) is 27.2 Å². The second kappa shape index (κ2) is 10.3. The van der Waals surface area contributed by atoms with Crippen LogP contribution in [0.25, 0.3) is 27.7 Å². The largest absolute Gasteiger partial charge is 0.496 e. The highest BCUT2D eigenvalue weighted by atomic mass is 19.1. The van der Waals surface area contributed by atoms with Crippen molar-refractivity contribution in [3.05, 3.63) is 83.9 Å². The maximum atomic E-state index is 13.1. The first-order chi connectivity index (χ1) is 16.9. The van der Waals surface area contributed by atoms with Crippen molar-refractivity contribution in [3.8, 4) is 28.4 Å². The first-order valence-corrected chi connectivity index (χ1v) is 11.0. The number of rotatable bonds is 8. The molecular weight excluding hydrogens is 449 g/mol. The number of hydrogen-bond acceptors (Lipinski definition) is 5. The van der Waals surface area contributed by atoms with Crippen LogP contribution in [0, 0.1) is 5.82 Å². The zero-order valence-electron chi connectivity index (χ0n) is 20.0. The molecule has 0 unspecified atom stereocenters. The van der Waals surface area contributed by atoms with Crippen LogP contribution in [0.2, 0.25) is 0 Å². The van der Waals surface area contributed by atoms with Crippen molar-refractivity contribution in [2.45, 2.75) is 13.5 Å². The van der Waals surface area contributed by atoms with Gasteiger partial charge >= 0.3 is 0 Å². The minimum atomic E-state index is -0.315.